The lowest BCUT2D eigenvalue weighted by Gasteiger charge is -2.25. The third-order valence-corrected chi connectivity index (χ3v) is 3.88. The Morgan fingerprint density at radius 3 is 2.71 bits per heavy atom. The molecule has 0 spiro atoms. The van der Waals surface area contributed by atoms with E-state index in [0.29, 0.717) is 0 Å². The number of benzene rings is 1. The van der Waals surface area contributed by atoms with Gasteiger partial charge in [-0.25, -0.2) is 4.79 Å². The van der Waals surface area contributed by atoms with Crippen LogP contribution < -0.4 is 5.32 Å². The highest BCUT2D eigenvalue weighted by molar-refractivity contribution is 5.89. The molecule has 0 saturated carbocycles. The van der Waals surface area contributed by atoms with Crippen molar-refractivity contribution >= 4 is 11.7 Å². The minimum Gasteiger partial charge on any atom is -0.321 e. The standard InChI is InChI=1S/C17H19N3O/c21-17(19-15-8-10-18-11-9-15)20-12-4-7-16(20)13-14-5-2-1-3-6-14/h1-3,5-6,8-11,16H,4,7,12-13H2,(H,18,19,21). The van der Waals surface area contributed by atoms with Crippen LogP contribution in [-0.2, 0) is 6.42 Å². The van der Waals surface area contributed by atoms with Crippen molar-refractivity contribution in [2.24, 2.45) is 0 Å². The predicted molar refractivity (Wildman–Crippen MR) is 83.1 cm³/mol. The van der Waals surface area contributed by atoms with Gasteiger partial charge in [0.15, 0.2) is 0 Å². The minimum atomic E-state index is -0.0142. The number of amides is 2. The first kappa shape index (κ1) is 13.6. The van der Waals surface area contributed by atoms with Gasteiger partial charge in [-0.15, -0.1) is 0 Å². The molecule has 1 fully saturated rings. The van der Waals surface area contributed by atoms with Gasteiger partial charge < -0.3 is 10.2 Å². The average Bonchev–Trinajstić information content (AvgIpc) is 2.97. The SMILES string of the molecule is O=C(Nc1ccncc1)N1CCCC1Cc1ccccc1. The summed E-state index contributed by atoms with van der Waals surface area (Å²) in [7, 11) is 0. The number of hydrogen-bond donors (Lipinski definition) is 1. The Balaban J connectivity index is 1.65. The van der Waals surface area contributed by atoms with Crippen molar-refractivity contribution in [1.82, 2.24) is 9.88 Å². The Morgan fingerprint density at radius 2 is 1.95 bits per heavy atom. The summed E-state index contributed by atoms with van der Waals surface area (Å²) in [6.07, 6.45) is 6.42. The van der Waals surface area contributed by atoms with Gasteiger partial charge >= 0.3 is 6.03 Å². The molecule has 2 amide bonds. The maximum Gasteiger partial charge on any atom is 0.322 e. The number of hydrogen-bond acceptors (Lipinski definition) is 2. The van der Waals surface area contributed by atoms with Crippen molar-refractivity contribution in [1.29, 1.82) is 0 Å². The predicted octanol–water partition coefficient (Wildman–Crippen LogP) is 3.32. The van der Waals surface area contributed by atoms with Gasteiger partial charge in [-0.1, -0.05) is 30.3 Å². The van der Waals surface area contributed by atoms with Crippen LogP contribution in [0.3, 0.4) is 0 Å². The molecular formula is C17H19N3O. The summed E-state index contributed by atoms with van der Waals surface area (Å²) in [5.74, 6) is 0. The molecule has 1 saturated heterocycles. The molecule has 0 bridgehead atoms. The lowest BCUT2D eigenvalue weighted by atomic mass is 10.0. The van der Waals surface area contributed by atoms with Gasteiger partial charge in [0, 0.05) is 30.7 Å². The molecule has 2 heterocycles. The van der Waals surface area contributed by atoms with E-state index >= 15 is 0 Å². The topological polar surface area (TPSA) is 45.2 Å². The van der Waals surface area contributed by atoms with E-state index < -0.39 is 0 Å². The first-order chi connectivity index (χ1) is 10.3. The number of likely N-dealkylation sites (tertiary alicyclic amines) is 1. The number of rotatable bonds is 3. The molecule has 3 rings (SSSR count). The summed E-state index contributed by atoms with van der Waals surface area (Å²) in [5.41, 5.74) is 2.08. The molecule has 108 valence electrons. The summed E-state index contributed by atoms with van der Waals surface area (Å²) >= 11 is 0. The number of urea groups is 1. The number of nitrogens with zero attached hydrogens (tertiary/aromatic N) is 2. The quantitative estimate of drug-likeness (QED) is 0.938. The maximum atomic E-state index is 12.4. The molecule has 0 aliphatic carbocycles. The zero-order valence-electron chi connectivity index (χ0n) is 11.9. The van der Waals surface area contributed by atoms with Crippen molar-refractivity contribution in [3.8, 4) is 0 Å². The molecule has 1 N–H and O–H groups in total. The second kappa shape index (κ2) is 6.39. The third-order valence-electron chi connectivity index (χ3n) is 3.88. The van der Waals surface area contributed by atoms with Crippen LogP contribution in [0.15, 0.2) is 54.9 Å². The molecular weight excluding hydrogens is 262 g/mol. The molecule has 4 heteroatoms. The van der Waals surface area contributed by atoms with Crippen LogP contribution in [0.1, 0.15) is 18.4 Å². The van der Waals surface area contributed by atoms with Gasteiger partial charge in [0.05, 0.1) is 0 Å². The van der Waals surface area contributed by atoms with Crippen molar-refractivity contribution in [3.63, 3.8) is 0 Å². The van der Waals surface area contributed by atoms with Crippen LogP contribution in [0.4, 0.5) is 10.5 Å². The smallest absolute Gasteiger partial charge is 0.321 e. The molecule has 1 atom stereocenters. The average molecular weight is 281 g/mol. The Kier molecular flexibility index (Phi) is 4.15. The Bertz CT molecular complexity index is 585. The number of anilines is 1. The highest BCUT2D eigenvalue weighted by Crippen LogP contribution is 2.22. The molecule has 4 nitrogen and oxygen atoms in total. The first-order valence-electron chi connectivity index (χ1n) is 7.34. The van der Waals surface area contributed by atoms with E-state index in [0.717, 1.165) is 31.5 Å². The van der Waals surface area contributed by atoms with Gasteiger partial charge in [0.25, 0.3) is 0 Å². The van der Waals surface area contributed by atoms with Crippen molar-refractivity contribution in [2.75, 3.05) is 11.9 Å². The highest BCUT2D eigenvalue weighted by Gasteiger charge is 2.28. The van der Waals surface area contributed by atoms with Gasteiger partial charge in [-0.3, -0.25) is 4.98 Å². The summed E-state index contributed by atoms with van der Waals surface area (Å²) < 4.78 is 0. The number of nitrogens with one attached hydrogen (secondary N) is 1. The summed E-state index contributed by atoms with van der Waals surface area (Å²) in [5, 5.41) is 2.95. The Morgan fingerprint density at radius 1 is 1.19 bits per heavy atom. The molecule has 2 aromatic rings. The van der Waals surface area contributed by atoms with E-state index in [-0.39, 0.29) is 12.1 Å². The first-order valence-corrected chi connectivity index (χ1v) is 7.34. The van der Waals surface area contributed by atoms with Crippen LogP contribution >= 0.6 is 0 Å². The van der Waals surface area contributed by atoms with Gasteiger partial charge in [-0.05, 0) is 37.0 Å². The summed E-state index contributed by atoms with van der Waals surface area (Å²) in [6, 6.07) is 14.2. The molecule has 1 aliphatic rings. The zero-order chi connectivity index (χ0) is 14.5. The number of pyridine rings is 1. The van der Waals surface area contributed by atoms with Gasteiger partial charge in [0.2, 0.25) is 0 Å². The molecule has 1 aromatic carbocycles. The van der Waals surface area contributed by atoms with E-state index in [1.807, 2.05) is 23.1 Å². The second-order valence-electron chi connectivity index (χ2n) is 5.35. The van der Waals surface area contributed by atoms with Gasteiger partial charge in [0.1, 0.15) is 0 Å². The van der Waals surface area contributed by atoms with E-state index in [4.69, 9.17) is 0 Å². The van der Waals surface area contributed by atoms with Crippen LogP contribution in [0.25, 0.3) is 0 Å². The molecule has 1 aromatic heterocycles. The monoisotopic (exact) mass is 281 g/mol. The fourth-order valence-corrected chi connectivity index (χ4v) is 2.83. The fraction of sp³-hybridized carbons (Fsp3) is 0.294. The maximum absolute atomic E-state index is 12.4. The zero-order valence-corrected chi connectivity index (χ0v) is 11.9. The minimum absolute atomic E-state index is 0.0142. The van der Waals surface area contributed by atoms with E-state index in [1.54, 1.807) is 24.5 Å². The van der Waals surface area contributed by atoms with Crippen molar-refractivity contribution < 1.29 is 4.79 Å². The van der Waals surface area contributed by atoms with E-state index in [2.05, 4.69) is 22.4 Å². The highest BCUT2D eigenvalue weighted by atomic mass is 16.2. The second-order valence-corrected chi connectivity index (χ2v) is 5.35. The van der Waals surface area contributed by atoms with Crippen LogP contribution in [0.5, 0.6) is 0 Å². The van der Waals surface area contributed by atoms with E-state index in [1.165, 1.54) is 5.56 Å². The number of carbonyl (C=O) groups excluding carboxylic acids is 1. The van der Waals surface area contributed by atoms with E-state index in [9.17, 15) is 4.79 Å². The molecule has 21 heavy (non-hydrogen) atoms. The summed E-state index contributed by atoms with van der Waals surface area (Å²) in [6.45, 7) is 0.828. The van der Waals surface area contributed by atoms with Crippen molar-refractivity contribution in [2.45, 2.75) is 25.3 Å². The lowest BCUT2D eigenvalue weighted by molar-refractivity contribution is 0.206. The largest absolute Gasteiger partial charge is 0.322 e. The Labute approximate surface area is 124 Å². The molecule has 1 aliphatic heterocycles. The Hall–Kier alpha value is -2.36. The van der Waals surface area contributed by atoms with Crippen LogP contribution in [-0.4, -0.2) is 28.5 Å². The fourth-order valence-electron chi connectivity index (χ4n) is 2.83. The number of carbonyl (C=O) groups is 1. The number of aromatic nitrogens is 1. The third kappa shape index (κ3) is 3.40. The molecule has 0 radical (unpaired) electrons. The van der Waals surface area contributed by atoms with Gasteiger partial charge in [-0.2, -0.15) is 0 Å². The molecule has 1 unspecified atom stereocenters. The van der Waals surface area contributed by atoms with Crippen LogP contribution in [0, 0.1) is 0 Å². The lowest BCUT2D eigenvalue weighted by Crippen LogP contribution is -2.39. The summed E-state index contributed by atoms with van der Waals surface area (Å²) in [4.78, 5) is 18.3. The normalized spacial score (nSPS) is 17.7. The van der Waals surface area contributed by atoms with Crippen LogP contribution in [0.2, 0.25) is 0 Å². The van der Waals surface area contributed by atoms with Crippen molar-refractivity contribution in [3.05, 3.63) is 60.4 Å².